The summed E-state index contributed by atoms with van der Waals surface area (Å²) >= 11 is 0. The first-order valence-electron chi connectivity index (χ1n) is 6.92. The van der Waals surface area contributed by atoms with Gasteiger partial charge in [-0.15, -0.1) is 0 Å². The fourth-order valence-corrected chi connectivity index (χ4v) is 2.31. The van der Waals surface area contributed by atoms with Gasteiger partial charge in [0, 0.05) is 12.0 Å². The van der Waals surface area contributed by atoms with Gasteiger partial charge in [0.1, 0.15) is 5.75 Å². The molecule has 1 atom stereocenters. The van der Waals surface area contributed by atoms with Crippen molar-refractivity contribution in [3.63, 3.8) is 0 Å². The van der Waals surface area contributed by atoms with Crippen molar-refractivity contribution >= 4 is 5.78 Å². The van der Waals surface area contributed by atoms with Crippen LogP contribution < -0.4 is 14.2 Å². The fraction of sp³-hybridized carbons (Fsp3) is 0.235. The lowest BCUT2D eigenvalue weighted by Crippen LogP contribution is -2.07. The molecule has 5 heteroatoms. The summed E-state index contributed by atoms with van der Waals surface area (Å²) in [6.45, 7) is 0.168. The van der Waals surface area contributed by atoms with E-state index in [1.807, 2.05) is 0 Å². The van der Waals surface area contributed by atoms with Crippen molar-refractivity contribution in [3.05, 3.63) is 53.6 Å². The molecule has 1 aliphatic heterocycles. The molecule has 1 aliphatic rings. The average molecular weight is 300 g/mol. The Kier molecular flexibility index (Phi) is 3.98. The highest BCUT2D eigenvalue weighted by molar-refractivity contribution is 5.97. The van der Waals surface area contributed by atoms with Crippen LogP contribution in [-0.4, -0.2) is 24.8 Å². The highest BCUT2D eigenvalue weighted by Gasteiger charge is 2.19. The summed E-state index contributed by atoms with van der Waals surface area (Å²) in [7, 11) is 1.58. The van der Waals surface area contributed by atoms with Crippen LogP contribution in [0.25, 0.3) is 0 Å². The maximum atomic E-state index is 12.3. The van der Waals surface area contributed by atoms with Gasteiger partial charge >= 0.3 is 0 Å². The molecule has 0 saturated heterocycles. The summed E-state index contributed by atoms with van der Waals surface area (Å²) in [4.78, 5) is 12.3. The van der Waals surface area contributed by atoms with Gasteiger partial charge in [-0.25, -0.2) is 0 Å². The van der Waals surface area contributed by atoms with E-state index >= 15 is 0 Å². The number of ether oxygens (including phenoxy) is 3. The maximum Gasteiger partial charge on any atom is 0.231 e. The van der Waals surface area contributed by atoms with Crippen LogP contribution in [0.5, 0.6) is 17.2 Å². The Morgan fingerprint density at radius 3 is 2.64 bits per heavy atom. The van der Waals surface area contributed by atoms with Crippen LogP contribution in [0.15, 0.2) is 42.5 Å². The molecule has 1 unspecified atom stereocenters. The molecular weight excluding hydrogens is 284 g/mol. The van der Waals surface area contributed by atoms with E-state index in [2.05, 4.69) is 0 Å². The maximum absolute atomic E-state index is 12.3. The van der Waals surface area contributed by atoms with Gasteiger partial charge in [-0.05, 0) is 35.9 Å². The minimum Gasteiger partial charge on any atom is -0.497 e. The number of hydrogen-bond donors (Lipinski definition) is 1. The lowest BCUT2D eigenvalue weighted by atomic mass is 10.00. The van der Waals surface area contributed by atoms with Crippen LogP contribution in [0, 0.1) is 0 Å². The van der Waals surface area contributed by atoms with Gasteiger partial charge in [-0.2, -0.15) is 0 Å². The van der Waals surface area contributed by atoms with Gasteiger partial charge in [0.15, 0.2) is 17.3 Å². The van der Waals surface area contributed by atoms with Crippen LogP contribution >= 0.6 is 0 Å². The van der Waals surface area contributed by atoms with E-state index in [1.165, 1.54) is 0 Å². The SMILES string of the molecule is COc1ccc(C(O)CC(=O)c2ccc3c(c2)OCO3)cc1. The fourth-order valence-electron chi connectivity index (χ4n) is 2.31. The lowest BCUT2D eigenvalue weighted by molar-refractivity contribution is 0.0879. The summed E-state index contributed by atoms with van der Waals surface area (Å²) in [5, 5.41) is 10.2. The van der Waals surface area contributed by atoms with E-state index in [1.54, 1.807) is 49.6 Å². The molecule has 2 aromatic carbocycles. The van der Waals surface area contributed by atoms with Gasteiger partial charge in [0.2, 0.25) is 6.79 Å². The Balaban J connectivity index is 1.70. The first kappa shape index (κ1) is 14.4. The number of methoxy groups -OCH3 is 1. The minimum atomic E-state index is -0.858. The molecule has 0 saturated carbocycles. The molecule has 0 radical (unpaired) electrons. The molecule has 3 rings (SSSR count). The van der Waals surface area contributed by atoms with Crippen molar-refractivity contribution in [1.82, 2.24) is 0 Å². The van der Waals surface area contributed by atoms with E-state index < -0.39 is 6.10 Å². The highest BCUT2D eigenvalue weighted by Crippen LogP contribution is 2.33. The van der Waals surface area contributed by atoms with E-state index in [9.17, 15) is 9.90 Å². The number of benzene rings is 2. The summed E-state index contributed by atoms with van der Waals surface area (Å²) in [6.07, 6.45) is -0.852. The van der Waals surface area contributed by atoms with Crippen LogP contribution in [0.3, 0.4) is 0 Å². The molecule has 0 bridgehead atoms. The summed E-state index contributed by atoms with van der Waals surface area (Å²) < 4.78 is 15.5. The number of aliphatic hydroxyl groups excluding tert-OH is 1. The minimum absolute atomic E-state index is 0.00593. The van der Waals surface area contributed by atoms with Crippen LogP contribution in [0.2, 0.25) is 0 Å². The molecule has 0 aromatic heterocycles. The number of rotatable bonds is 5. The normalized spacial score (nSPS) is 13.7. The zero-order valence-electron chi connectivity index (χ0n) is 12.1. The second-order valence-electron chi connectivity index (χ2n) is 4.98. The Morgan fingerprint density at radius 2 is 1.91 bits per heavy atom. The molecular formula is C17H16O5. The molecule has 0 aliphatic carbocycles. The number of ketones is 1. The molecule has 0 spiro atoms. The predicted octanol–water partition coefficient (Wildman–Crippen LogP) is 2.73. The molecule has 22 heavy (non-hydrogen) atoms. The molecule has 1 heterocycles. The van der Waals surface area contributed by atoms with Gasteiger partial charge in [-0.3, -0.25) is 4.79 Å². The predicted molar refractivity (Wildman–Crippen MR) is 79.5 cm³/mol. The largest absolute Gasteiger partial charge is 0.497 e. The van der Waals surface area contributed by atoms with E-state index in [-0.39, 0.29) is 19.0 Å². The van der Waals surface area contributed by atoms with Gasteiger partial charge in [0.05, 0.1) is 13.2 Å². The Bertz CT molecular complexity index is 678. The average Bonchev–Trinajstić information content (AvgIpc) is 3.02. The van der Waals surface area contributed by atoms with E-state index in [4.69, 9.17) is 14.2 Å². The van der Waals surface area contributed by atoms with Crippen LogP contribution in [-0.2, 0) is 0 Å². The standard InChI is InChI=1S/C17H16O5/c1-20-13-5-2-11(3-6-13)14(18)9-15(19)12-4-7-16-17(8-12)22-10-21-16/h2-8,14,18H,9-10H2,1H3. The Hall–Kier alpha value is -2.53. The number of hydrogen-bond acceptors (Lipinski definition) is 5. The van der Waals surface area contributed by atoms with Crippen molar-refractivity contribution in [3.8, 4) is 17.2 Å². The first-order chi connectivity index (χ1) is 10.7. The third-order valence-corrected chi connectivity index (χ3v) is 3.57. The number of Topliss-reactive ketones (excluding diaryl/α,β-unsaturated/α-hetero) is 1. The zero-order valence-corrected chi connectivity index (χ0v) is 12.1. The highest BCUT2D eigenvalue weighted by atomic mass is 16.7. The summed E-state index contributed by atoms with van der Waals surface area (Å²) in [5.41, 5.74) is 1.17. The van der Waals surface area contributed by atoms with E-state index in [0.29, 0.717) is 28.4 Å². The summed E-state index contributed by atoms with van der Waals surface area (Å²) in [5.74, 6) is 1.75. The van der Waals surface area contributed by atoms with Crippen molar-refractivity contribution in [2.24, 2.45) is 0 Å². The number of fused-ring (bicyclic) bond motifs is 1. The van der Waals surface area contributed by atoms with Gasteiger partial charge < -0.3 is 19.3 Å². The number of carbonyl (C=O) groups excluding carboxylic acids is 1. The second-order valence-corrected chi connectivity index (χ2v) is 4.98. The third kappa shape index (κ3) is 2.89. The molecule has 0 amide bonds. The molecule has 2 aromatic rings. The molecule has 5 nitrogen and oxygen atoms in total. The van der Waals surface area contributed by atoms with Crippen molar-refractivity contribution in [2.75, 3.05) is 13.9 Å². The smallest absolute Gasteiger partial charge is 0.231 e. The molecule has 114 valence electrons. The van der Waals surface area contributed by atoms with Crippen molar-refractivity contribution < 1.29 is 24.1 Å². The number of carbonyl (C=O) groups is 1. The van der Waals surface area contributed by atoms with Crippen LogP contribution in [0.4, 0.5) is 0 Å². The Labute approximate surface area is 128 Å². The summed E-state index contributed by atoms with van der Waals surface area (Å²) in [6, 6.07) is 12.0. The first-order valence-corrected chi connectivity index (χ1v) is 6.92. The molecule has 0 fully saturated rings. The third-order valence-electron chi connectivity index (χ3n) is 3.57. The Morgan fingerprint density at radius 1 is 1.18 bits per heavy atom. The monoisotopic (exact) mass is 300 g/mol. The molecule has 1 N–H and O–H groups in total. The quantitative estimate of drug-likeness (QED) is 0.860. The lowest BCUT2D eigenvalue weighted by Gasteiger charge is -2.11. The van der Waals surface area contributed by atoms with Gasteiger partial charge in [0.25, 0.3) is 0 Å². The number of aliphatic hydroxyl groups is 1. The van der Waals surface area contributed by atoms with Crippen molar-refractivity contribution in [2.45, 2.75) is 12.5 Å². The zero-order chi connectivity index (χ0) is 15.5. The van der Waals surface area contributed by atoms with Crippen molar-refractivity contribution in [1.29, 1.82) is 0 Å². The van der Waals surface area contributed by atoms with Gasteiger partial charge in [-0.1, -0.05) is 12.1 Å². The topological polar surface area (TPSA) is 65.0 Å². The second kappa shape index (κ2) is 6.07. The van der Waals surface area contributed by atoms with Crippen LogP contribution in [0.1, 0.15) is 28.4 Å². The van der Waals surface area contributed by atoms with E-state index in [0.717, 1.165) is 0 Å².